The molecule has 4 aromatic heterocycles. The van der Waals surface area contributed by atoms with Crippen molar-refractivity contribution in [2.24, 2.45) is 0 Å². The van der Waals surface area contributed by atoms with Gasteiger partial charge in [-0.1, -0.05) is 0 Å². The number of hydrogen-bond donors (Lipinski definition) is 1. The predicted octanol–water partition coefficient (Wildman–Crippen LogP) is 2.63. The molecule has 0 fully saturated rings. The lowest BCUT2D eigenvalue weighted by molar-refractivity contribution is 0.0288. The third-order valence-electron chi connectivity index (χ3n) is 4.73. The Labute approximate surface area is 178 Å². The molecule has 1 N–H and O–H groups in total. The van der Waals surface area contributed by atoms with Gasteiger partial charge in [-0.3, -0.25) is 4.57 Å². The zero-order valence-electron chi connectivity index (χ0n) is 17.5. The number of nitrogens with zero attached hydrogens (tertiary/aromatic N) is 5. The van der Waals surface area contributed by atoms with Crippen molar-refractivity contribution in [1.82, 2.24) is 24.3 Å². The molecule has 0 unspecified atom stereocenters. The Morgan fingerprint density at radius 2 is 1.90 bits per heavy atom. The molecule has 0 aliphatic heterocycles. The maximum absolute atomic E-state index is 10.7. The van der Waals surface area contributed by atoms with Crippen LogP contribution in [0.2, 0.25) is 0 Å². The number of hydrogen-bond acceptors (Lipinski definition) is 8. The molecular weight excluding hydrogens is 402 g/mol. The third kappa shape index (κ3) is 4.16. The van der Waals surface area contributed by atoms with E-state index < -0.39 is 0 Å². The van der Waals surface area contributed by atoms with Crippen molar-refractivity contribution in [1.29, 1.82) is 0 Å². The number of aromatic nitrogens is 5. The summed E-state index contributed by atoms with van der Waals surface area (Å²) in [4.78, 5) is 8.94. The number of rotatable bonds is 9. The Bertz CT molecular complexity index is 1190. The van der Waals surface area contributed by atoms with Gasteiger partial charge in [0.05, 0.1) is 62.1 Å². The second-order valence-corrected chi connectivity index (χ2v) is 6.66. The molecule has 10 heteroatoms. The van der Waals surface area contributed by atoms with E-state index in [2.05, 4.69) is 15.1 Å². The molecule has 0 atom stereocenters. The fourth-order valence-corrected chi connectivity index (χ4v) is 3.15. The molecule has 0 saturated carbocycles. The van der Waals surface area contributed by atoms with Crippen LogP contribution in [0.1, 0.15) is 0 Å². The molecule has 0 amide bonds. The highest BCUT2D eigenvalue weighted by molar-refractivity contribution is 5.87. The molecule has 0 aromatic carbocycles. The van der Waals surface area contributed by atoms with Gasteiger partial charge in [0, 0.05) is 25.1 Å². The van der Waals surface area contributed by atoms with Crippen LogP contribution in [-0.4, -0.2) is 64.0 Å². The Balaban J connectivity index is 1.62. The summed E-state index contributed by atoms with van der Waals surface area (Å²) < 4.78 is 24.2. The number of aromatic hydroxyl groups is 1. The highest BCUT2D eigenvalue weighted by Gasteiger charge is 2.15. The Morgan fingerprint density at radius 1 is 1.03 bits per heavy atom. The van der Waals surface area contributed by atoms with Gasteiger partial charge in [0.15, 0.2) is 5.75 Å². The van der Waals surface area contributed by atoms with Crippen molar-refractivity contribution in [3.8, 4) is 34.5 Å². The lowest BCUT2D eigenvalue weighted by Gasteiger charge is -2.08. The Hall–Kier alpha value is -3.63. The molecule has 0 radical (unpaired) electrons. The first-order valence-corrected chi connectivity index (χ1v) is 9.53. The highest BCUT2D eigenvalue weighted by atomic mass is 16.5. The van der Waals surface area contributed by atoms with Crippen LogP contribution in [0.3, 0.4) is 0 Å². The van der Waals surface area contributed by atoms with Gasteiger partial charge in [-0.25, -0.2) is 14.6 Å². The molecule has 4 rings (SSSR count). The van der Waals surface area contributed by atoms with Gasteiger partial charge in [0.25, 0.3) is 5.88 Å². The zero-order chi connectivity index (χ0) is 21.8. The summed E-state index contributed by atoms with van der Waals surface area (Å²) >= 11 is 0. The Kier molecular flexibility index (Phi) is 6.01. The maximum Gasteiger partial charge on any atom is 0.256 e. The normalized spacial score (nSPS) is 11.2. The van der Waals surface area contributed by atoms with Crippen molar-refractivity contribution in [3.05, 3.63) is 43.0 Å². The van der Waals surface area contributed by atoms with Gasteiger partial charge in [-0.2, -0.15) is 5.10 Å². The van der Waals surface area contributed by atoms with E-state index in [4.69, 9.17) is 18.9 Å². The number of methoxy groups -OCH3 is 3. The smallest absolute Gasteiger partial charge is 0.256 e. The zero-order valence-corrected chi connectivity index (χ0v) is 17.5. The highest BCUT2D eigenvalue weighted by Crippen LogP contribution is 2.33. The second-order valence-electron chi connectivity index (χ2n) is 6.66. The van der Waals surface area contributed by atoms with Gasteiger partial charge >= 0.3 is 0 Å². The predicted molar refractivity (Wildman–Crippen MR) is 113 cm³/mol. The van der Waals surface area contributed by atoms with Gasteiger partial charge < -0.3 is 24.1 Å². The van der Waals surface area contributed by atoms with Crippen LogP contribution in [0.15, 0.2) is 43.0 Å². The van der Waals surface area contributed by atoms with Crippen molar-refractivity contribution in [2.75, 3.05) is 34.5 Å². The first-order chi connectivity index (χ1) is 15.1. The van der Waals surface area contributed by atoms with Gasteiger partial charge in [0.1, 0.15) is 6.73 Å². The first-order valence-electron chi connectivity index (χ1n) is 9.53. The van der Waals surface area contributed by atoms with Crippen LogP contribution in [0.25, 0.3) is 27.8 Å². The quantitative estimate of drug-likeness (QED) is 0.408. The number of pyridine rings is 2. The SMILES string of the molecule is COCCOCn1cc(-n2cc3nc(-c4cnc(OC)c(OC)c4)ccc3c2O)cn1. The van der Waals surface area contributed by atoms with Crippen LogP contribution in [-0.2, 0) is 16.2 Å². The summed E-state index contributed by atoms with van der Waals surface area (Å²) in [6.45, 7) is 1.28. The summed E-state index contributed by atoms with van der Waals surface area (Å²) in [5.74, 6) is 1.00. The van der Waals surface area contributed by atoms with Crippen molar-refractivity contribution in [2.45, 2.75) is 6.73 Å². The lowest BCUT2D eigenvalue weighted by atomic mass is 10.1. The molecule has 0 aliphatic carbocycles. The van der Waals surface area contributed by atoms with Gasteiger partial charge in [-0.15, -0.1) is 0 Å². The molecular formula is C21H23N5O5. The molecule has 162 valence electrons. The van der Waals surface area contributed by atoms with E-state index in [1.807, 2.05) is 18.2 Å². The monoisotopic (exact) mass is 425 g/mol. The van der Waals surface area contributed by atoms with E-state index in [0.29, 0.717) is 53.9 Å². The van der Waals surface area contributed by atoms with E-state index in [1.165, 1.54) is 7.11 Å². The average molecular weight is 425 g/mol. The van der Waals surface area contributed by atoms with Crippen molar-refractivity contribution in [3.63, 3.8) is 0 Å². The van der Waals surface area contributed by atoms with E-state index in [-0.39, 0.29) is 5.88 Å². The fraction of sp³-hybridized carbons (Fsp3) is 0.286. The summed E-state index contributed by atoms with van der Waals surface area (Å²) in [6, 6.07) is 5.45. The van der Waals surface area contributed by atoms with E-state index >= 15 is 0 Å². The topological polar surface area (TPSA) is 106 Å². The fourth-order valence-electron chi connectivity index (χ4n) is 3.15. The molecule has 0 aliphatic rings. The first kappa shape index (κ1) is 20.6. The van der Waals surface area contributed by atoms with E-state index in [1.54, 1.807) is 48.3 Å². The van der Waals surface area contributed by atoms with Crippen LogP contribution in [0.5, 0.6) is 17.5 Å². The lowest BCUT2D eigenvalue weighted by Crippen LogP contribution is -2.07. The molecule has 10 nitrogen and oxygen atoms in total. The van der Waals surface area contributed by atoms with E-state index in [9.17, 15) is 5.11 Å². The van der Waals surface area contributed by atoms with Crippen molar-refractivity contribution >= 4 is 10.9 Å². The minimum atomic E-state index is 0.0827. The largest absolute Gasteiger partial charge is 0.494 e. The molecule has 4 aromatic rings. The van der Waals surface area contributed by atoms with Crippen molar-refractivity contribution < 1.29 is 24.1 Å². The van der Waals surface area contributed by atoms with Crippen LogP contribution >= 0.6 is 0 Å². The van der Waals surface area contributed by atoms with Gasteiger partial charge in [-0.05, 0) is 18.2 Å². The summed E-state index contributed by atoms with van der Waals surface area (Å²) in [5.41, 5.74) is 2.79. The summed E-state index contributed by atoms with van der Waals surface area (Å²) in [5, 5.41) is 15.6. The second kappa shape index (κ2) is 9.02. The standard InChI is InChI=1S/C21H23N5O5/c1-28-6-7-31-13-25-11-15(10-23-25)26-12-18-16(21(26)27)4-5-17(24-18)14-8-19(29-2)20(30-3)22-9-14/h4-5,8-12,27H,6-7,13H2,1-3H3. The number of ether oxygens (including phenoxy) is 4. The summed E-state index contributed by atoms with van der Waals surface area (Å²) in [7, 11) is 4.71. The number of fused-ring (bicyclic) bond motifs is 1. The minimum absolute atomic E-state index is 0.0827. The molecule has 0 bridgehead atoms. The Morgan fingerprint density at radius 3 is 2.68 bits per heavy atom. The average Bonchev–Trinajstić information content (AvgIpc) is 3.40. The summed E-state index contributed by atoms with van der Waals surface area (Å²) in [6.07, 6.45) is 6.86. The van der Waals surface area contributed by atoms with Crippen LogP contribution < -0.4 is 9.47 Å². The molecule has 0 saturated heterocycles. The van der Waals surface area contributed by atoms with Gasteiger partial charge in [0.2, 0.25) is 5.88 Å². The third-order valence-corrected chi connectivity index (χ3v) is 4.73. The maximum atomic E-state index is 10.7. The van der Waals surface area contributed by atoms with Crippen LogP contribution in [0.4, 0.5) is 0 Å². The van der Waals surface area contributed by atoms with E-state index in [0.717, 1.165) is 5.56 Å². The van der Waals surface area contributed by atoms with Crippen LogP contribution in [0, 0.1) is 0 Å². The minimum Gasteiger partial charge on any atom is -0.494 e. The molecule has 0 spiro atoms. The molecule has 4 heterocycles. The molecule has 31 heavy (non-hydrogen) atoms.